The average molecular weight is 278 g/mol. The molecule has 1 aliphatic rings. The number of nitrogens with zero attached hydrogens (tertiary/aromatic N) is 1. The molecule has 20 heavy (non-hydrogen) atoms. The first kappa shape index (κ1) is 14.5. The van der Waals surface area contributed by atoms with Gasteiger partial charge in [0, 0.05) is 0 Å². The van der Waals surface area contributed by atoms with Crippen LogP contribution in [0.2, 0.25) is 0 Å². The summed E-state index contributed by atoms with van der Waals surface area (Å²) in [6, 6.07) is 3.89. The van der Waals surface area contributed by atoms with Crippen molar-refractivity contribution in [2.75, 3.05) is 4.90 Å². The maximum absolute atomic E-state index is 14.1. The summed E-state index contributed by atoms with van der Waals surface area (Å²) in [6.45, 7) is 6.87. The van der Waals surface area contributed by atoms with Crippen molar-refractivity contribution >= 4 is 17.5 Å². The van der Waals surface area contributed by atoms with Gasteiger partial charge < -0.3 is 5.32 Å². The number of hydrogen-bond acceptors (Lipinski definition) is 2. The third-order valence-corrected chi connectivity index (χ3v) is 3.55. The highest BCUT2D eigenvalue weighted by Gasteiger charge is 2.45. The lowest BCUT2D eigenvalue weighted by atomic mass is 9.94. The smallest absolute Gasteiger partial charge is 0.252 e. The summed E-state index contributed by atoms with van der Waals surface area (Å²) in [7, 11) is 0. The Bertz CT molecular complexity index is 569. The summed E-state index contributed by atoms with van der Waals surface area (Å²) in [6.07, 6.45) is 0.432. The summed E-state index contributed by atoms with van der Waals surface area (Å²) in [5.41, 5.74) is -0.0171. The molecule has 4 nitrogen and oxygen atoms in total. The van der Waals surface area contributed by atoms with Gasteiger partial charge in [-0.15, -0.1) is 0 Å². The summed E-state index contributed by atoms with van der Waals surface area (Å²) in [5, 5.41) is 2.69. The van der Waals surface area contributed by atoms with Crippen molar-refractivity contribution in [3.05, 3.63) is 29.6 Å². The molecule has 5 heteroatoms. The highest BCUT2D eigenvalue weighted by atomic mass is 19.1. The molecule has 0 saturated carbocycles. The zero-order valence-electron chi connectivity index (χ0n) is 12.2. The standard InChI is InChI=1S/C15H19FN2O2/c1-5-11-13(19)17-15(3,4)14(20)18(11)12-8-9(2)6-7-10(12)16/h6-8,11H,5H2,1-4H3,(H,17,19). The van der Waals surface area contributed by atoms with E-state index in [9.17, 15) is 14.0 Å². The molecule has 1 aromatic carbocycles. The van der Waals surface area contributed by atoms with Crippen LogP contribution in [0.15, 0.2) is 18.2 Å². The Kier molecular flexibility index (Phi) is 3.54. The highest BCUT2D eigenvalue weighted by Crippen LogP contribution is 2.29. The molecular weight excluding hydrogens is 259 g/mol. The molecule has 0 radical (unpaired) electrons. The van der Waals surface area contributed by atoms with Crippen LogP contribution in [0.5, 0.6) is 0 Å². The molecule has 0 bridgehead atoms. The molecule has 108 valence electrons. The number of nitrogens with one attached hydrogen (secondary N) is 1. The van der Waals surface area contributed by atoms with Crippen LogP contribution in [0.1, 0.15) is 32.8 Å². The fraction of sp³-hybridized carbons (Fsp3) is 0.467. The molecule has 1 heterocycles. The predicted octanol–water partition coefficient (Wildman–Crippen LogP) is 2.15. The Hall–Kier alpha value is -1.91. The summed E-state index contributed by atoms with van der Waals surface area (Å²) < 4.78 is 14.1. The zero-order chi connectivity index (χ0) is 15.1. The lowest BCUT2D eigenvalue weighted by Crippen LogP contribution is -2.68. The van der Waals surface area contributed by atoms with Crippen LogP contribution in [0.3, 0.4) is 0 Å². The van der Waals surface area contributed by atoms with Crippen LogP contribution in [0.25, 0.3) is 0 Å². The Morgan fingerprint density at radius 1 is 1.35 bits per heavy atom. The van der Waals surface area contributed by atoms with E-state index in [0.717, 1.165) is 5.56 Å². The molecule has 2 rings (SSSR count). The molecule has 0 aliphatic carbocycles. The van der Waals surface area contributed by atoms with Crippen molar-refractivity contribution in [2.24, 2.45) is 0 Å². The number of anilines is 1. The molecule has 1 saturated heterocycles. The maximum Gasteiger partial charge on any atom is 0.252 e. The number of hydrogen-bond donors (Lipinski definition) is 1. The average Bonchev–Trinajstić information content (AvgIpc) is 2.36. The number of amides is 2. The van der Waals surface area contributed by atoms with Crippen LogP contribution in [-0.4, -0.2) is 23.4 Å². The van der Waals surface area contributed by atoms with E-state index < -0.39 is 17.4 Å². The van der Waals surface area contributed by atoms with Gasteiger partial charge in [-0.05, 0) is 44.9 Å². The lowest BCUT2D eigenvalue weighted by Gasteiger charge is -2.42. The largest absolute Gasteiger partial charge is 0.340 e. The summed E-state index contributed by atoms with van der Waals surface area (Å²) >= 11 is 0. The predicted molar refractivity (Wildman–Crippen MR) is 74.9 cm³/mol. The molecule has 1 aromatic rings. The highest BCUT2D eigenvalue weighted by molar-refractivity contribution is 6.10. The van der Waals surface area contributed by atoms with E-state index in [1.165, 1.54) is 11.0 Å². The number of aryl methyl sites for hydroxylation is 1. The molecule has 1 fully saturated rings. The molecule has 2 amide bonds. The van der Waals surface area contributed by atoms with Crippen LogP contribution in [-0.2, 0) is 9.59 Å². The lowest BCUT2D eigenvalue weighted by molar-refractivity contribution is -0.137. The van der Waals surface area contributed by atoms with Gasteiger partial charge in [0.25, 0.3) is 5.91 Å². The van der Waals surface area contributed by atoms with Gasteiger partial charge in [-0.2, -0.15) is 0 Å². The van der Waals surface area contributed by atoms with Gasteiger partial charge >= 0.3 is 0 Å². The third kappa shape index (κ3) is 2.28. The normalized spacial score (nSPS) is 21.9. The van der Waals surface area contributed by atoms with Gasteiger partial charge in [0.05, 0.1) is 5.69 Å². The van der Waals surface area contributed by atoms with Crippen LogP contribution >= 0.6 is 0 Å². The van der Waals surface area contributed by atoms with Crippen LogP contribution in [0, 0.1) is 12.7 Å². The SMILES string of the molecule is CCC1C(=O)NC(C)(C)C(=O)N1c1cc(C)ccc1F. The quantitative estimate of drug-likeness (QED) is 0.901. The monoisotopic (exact) mass is 278 g/mol. The number of benzene rings is 1. The van der Waals surface area contributed by atoms with E-state index in [2.05, 4.69) is 5.32 Å². The van der Waals surface area contributed by atoms with E-state index >= 15 is 0 Å². The van der Waals surface area contributed by atoms with E-state index in [4.69, 9.17) is 0 Å². The molecule has 1 unspecified atom stereocenters. The molecule has 1 atom stereocenters. The number of carbonyl (C=O) groups is 2. The topological polar surface area (TPSA) is 49.4 Å². The Morgan fingerprint density at radius 3 is 2.60 bits per heavy atom. The first-order valence-electron chi connectivity index (χ1n) is 6.69. The summed E-state index contributed by atoms with van der Waals surface area (Å²) in [5.74, 6) is -1.04. The van der Waals surface area contributed by atoms with Crippen molar-refractivity contribution < 1.29 is 14.0 Å². The van der Waals surface area contributed by atoms with Crippen molar-refractivity contribution in [3.8, 4) is 0 Å². The second-order valence-electron chi connectivity index (χ2n) is 5.67. The Morgan fingerprint density at radius 2 is 2.00 bits per heavy atom. The molecule has 0 aromatic heterocycles. The van der Waals surface area contributed by atoms with E-state index in [1.807, 2.05) is 6.92 Å². The van der Waals surface area contributed by atoms with Crippen molar-refractivity contribution in [1.29, 1.82) is 0 Å². The first-order valence-corrected chi connectivity index (χ1v) is 6.69. The second-order valence-corrected chi connectivity index (χ2v) is 5.67. The minimum atomic E-state index is -1.03. The molecule has 1 N–H and O–H groups in total. The van der Waals surface area contributed by atoms with Crippen molar-refractivity contribution in [2.45, 2.75) is 45.7 Å². The van der Waals surface area contributed by atoms with Gasteiger partial charge in [-0.1, -0.05) is 13.0 Å². The minimum absolute atomic E-state index is 0.171. The van der Waals surface area contributed by atoms with Crippen molar-refractivity contribution in [3.63, 3.8) is 0 Å². The van der Waals surface area contributed by atoms with Gasteiger partial charge in [0.2, 0.25) is 5.91 Å². The number of halogens is 1. The minimum Gasteiger partial charge on any atom is -0.340 e. The van der Waals surface area contributed by atoms with E-state index in [1.54, 1.807) is 32.9 Å². The van der Waals surface area contributed by atoms with E-state index in [0.29, 0.717) is 6.42 Å². The van der Waals surface area contributed by atoms with E-state index in [-0.39, 0.29) is 17.5 Å². The second kappa shape index (κ2) is 4.89. The summed E-state index contributed by atoms with van der Waals surface area (Å²) in [4.78, 5) is 26.0. The Balaban J connectivity index is 2.57. The van der Waals surface area contributed by atoms with Crippen molar-refractivity contribution in [1.82, 2.24) is 5.32 Å². The number of carbonyl (C=O) groups excluding carboxylic acids is 2. The number of piperazine rings is 1. The van der Waals surface area contributed by atoms with Gasteiger partial charge in [0.1, 0.15) is 17.4 Å². The molecule has 1 aliphatic heterocycles. The Labute approximate surface area is 118 Å². The molecule has 0 spiro atoms. The third-order valence-electron chi connectivity index (χ3n) is 3.55. The molecular formula is C15H19FN2O2. The number of rotatable bonds is 2. The first-order chi connectivity index (χ1) is 9.27. The fourth-order valence-electron chi connectivity index (χ4n) is 2.46. The van der Waals surface area contributed by atoms with Gasteiger partial charge in [0.15, 0.2) is 0 Å². The zero-order valence-corrected chi connectivity index (χ0v) is 12.2. The van der Waals surface area contributed by atoms with Crippen LogP contribution < -0.4 is 10.2 Å². The maximum atomic E-state index is 14.1. The van der Waals surface area contributed by atoms with Gasteiger partial charge in [-0.3, -0.25) is 14.5 Å². The fourth-order valence-corrected chi connectivity index (χ4v) is 2.46. The van der Waals surface area contributed by atoms with Crippen LogP contribution in [0.4, 0.5) is 10.1 Å². The van der Waals surface area contributed by atoms with Gasteiger partial charge in [-0.25, -0.2) is 4.39 Å².